The average molecular weight is 686 g/mol. The second-order valence-electron chi connectivity index (χ2n) is 0.894. The van der Waals surface area contributed by atoms with Gasteiger partial charge in [0.2, 0.25) is 0 Å². The van der Waals surface area contributed by atoms with Gasteiger partial charge in [-0.1, -0.05) is 0 Å². The number of phosphoric acid groups is 2. The van der Waals surface area contributed by atoms with E-state index in [0.29, 0.717) is 0 Å². The molecule has 0 heterocycles. The maximum absolute atomic E-state index is 8.55. The van der Waals surface area contributed by atoms with Gasteiger partial charge in [-0.3, -0.25) is 0 Å². The first-order valence-corrected chi connectivity index (χ1v) is 4.38. The van der Waals surface area contributed by atoms with Gasteiger partial charge in [0.1, 0.15) is 0 Å². The predicted molar refractivity (Wildman–Crippen MR) is 15.2 cm³/mol. The number of rotatable bonds is 0. The molecule has 127 valence electrons. The molecule has 0 aromatic heterocycles. The van der Waals surface area contributed by atoms with E-state index < -0.39 is 15.6 Å². The first kappa shape index (κ1) is 74.5. The van der Waals surface area contributed by atoms with Crippen LogP contribution < -0.4 is 29.4 Å². The molecule has 3 radical (unpaired) electrons. The Bertz CT molecular complexity index is 153. The largest absolute Gasteiger partial charge is 2.00 e. The molecule has 0 N–H and O–H groups in total. The molecule has 0 bridgehead atoms. The van der Waals surface area contributed by atoms with Crippen LogP contribution in [0.15, 0.2) is 0 Å². The number of hydrogen-bond acceptors (Lipinski definition) is 8. The zero-order valence-electron chi connectivity index (χ0n) is 7.61. The molecule has 0 aromatic rings. The monoisotopic (exact) mass is 684 g/mol. The van der Waals surface area contributed by atoms with E-state index in [0.717, 1.165) is 0 Å². The summed E-state index contributed by atoms with van der Waals surface area (Å²) < 4.78 is 17.1. The molecule has 0 rings (SSSR count). The molecule has 8 nitrogen and oxygen atoms in total. The van der Waals surface area contributed by atoms with Gasteiger partial charge in [0, 0.05) is 115 Å². The molecule has 0 saturated carbocycles. The smallest absolute Gasteiger partial charge is 0.822 e. The van der Waals surface area contributed by atoms with Gasteiger partial charge in [-0.2, -0.15) is 15.6 Å². The molecule has 19 heteroatoms. The van der Waals surface area contributed by atoms with Gasteiger partial charge in [0.25, 0.3) is 0 Å². The van der Waals surface area contributed by atoms with Crippen molar-refractivity contribution in [2.45, 2.75) is 0 Å². The summed E-state index contributed by atoms with van der Waals surface area (Å²) in [7, 11) is -10.8. The van der Waals surface area contributed by atoms with Crippen LogP contribution in [-0.4, -0.2) is 0 Å². The van der Waals surface area contributed by atoms with Gasteiger partial charge in [-0.05, 0) is 0 Å². The van der Waals surface area contributed by atoms with Crippen molar-refractivity contribution in [1.82, 2.24) is 0 Å². The normalized spacial score (nSPS) is 6.21. The Kier molecular flexibility index (Phi) is 152. The minimum atomic E-state index is -5.39. The van der Waals surface area contributed by atoms with E-state index >= 15 is 0 Å². The fraction of sp³-hybridized carbons (Fsp3) is 0. The van der Waals surface area contributed by atoms with Crippen LogP contribution in [0.4, 0.5) is 0 Å². The third-order valence-electron chi connectivity index (χ3n) is 0. The Balaban J connectivity index is -0.00000000508. The molecule has 0 aliphatic rings. The van der Waals surface area contributed by atoms with Crippen LogP contribution in [0.2, 0.25) is 0 Å². The summed E-state index contributed by atoms with van der Waals surface area (Å²) >= 11 is 0. The Hall–Kier alpha value is 5.36. The Labute approximate surface area is 215 Å². The third kappa shape index (κ3) is 371. The van der Waals surface area contributed by atoms with Crippen molar-refractivity contribution in [1.29, 1.82) is 0 Å². The fourth-order valence-corrected chi connectivity index (χ4v) is 0. The molecule has 0 amide bonds. The van der Waals surface area contributed by atoms with E-state index in [2.05, 4.69) is 0 Å². The summed E-state index contributed by atoms with van der Waals surface area (Å²) in [5.41, 5.74) is 0. The zero-order valence-corrected chi connectivity index (χ0v) is 20.2. The van der Waals surface area contributed by atoms with Crippen LogP contribution in [0.25, 0.3) is 0 Å². The molecule has 0 aliphatic heterocycles. The third-order valence-corrected chi connectivity index (χ3v) is 0. The predicted octanol–water partition coefficient (Wildman–Crippen LogP) is -5.67. The van der Waals surface area contributed by atoms with Crippen molar-refractivity contribution >= 4 is 15.6 Å². The van der Waals surface area contributed by atoms with Gasteiger partial charge in [-0.25, -0.2) is 0 Å². The summed E-state index contributed by atoms with van der Waals surface area (Å²) in [6.07, 6.45) is 0. The molecular formula is Co3Ni3O8P2Ti3. The van der Waals surface area contributed by atoms with Gasteiger partial charge in [0.05, 0.1) is 0 Å². The van der Waals surface area contributed by atoms with Crippen LogP contribution >= 0.6 is 15.6 Å². The zero-order chi connectivity index (χ0) is 9.00. The molecule has 0 saturated heterocycles. The summed E-state index contributed by atoms with van der Waals surface area (Å²) in [5, 5.41) is 0. The Morgan fingerprint density at radius 2 is 0.474 bits per heavy atom. The van der Waals surface area contributed by atoms with Gasteiger partial charge < -0.3 is 38.5 Å². The second-order valence-corrected chi connectivity index (χ2v) is 2.68. The van der Waals surface area contributed by atoms with E-state index in [4.69, 9.17) is 38.5 Å². The Morgan fingerprint density at radius 3 is 0.474 bits per heavy atom. The van der Waals surface area contributed by atoms with E-state index in [1.807, 2.05) is 0 Å². The van der Waals surface area contributed by atoms with Crippen molar-refractivity contribution in [3.8, 4) is 0 Å². The maximum Gasteiger partial charge on any atom is 2.00 e. The van der Waals surface area contributed by atoms with Crippen molar-refractivity contribution in [3.05, 3.63) is 0 Å². The number of hydrogen-bond donors (Lipinski definition) is 0. The van der Waals surface area contributed by atoms with Crippen LogP contribution in [0.3, 0.4) is 0 Å². The van der Waals surface area contributed by atoms with E-state index in [1.165, 1.54) is 0 Å². The summed E-state index contributed by atoms with van der Waals surface area (Å²) in [6, 6.07) is 0. The minimum Gasteiger partial charge on any atom is -0.822 e. The Morgan fingerprint density at radius 1 is 0.474 bits per heavy atom. The molecule has 0 aromatic carbocycles. The van der Waals surface area contributed by atoms with Crippen molar-refractivity contribution in [2.75, 3.05) is 0 Å². The van der Waals surface area contributed by atoms with Crippen molar-refractivity contribution < 1.29 is 203 Å². The molecule has 0 fully saturated rings. The molecule has 0 atom stereocenters. The van der Waals surface area contributed by atoms with Crippen molar-refractivity contribution in [3.63, 3.8) is 0 Å². The van der Waals surface area contributed by atoms with Crippen LogP contribution in [0.5, 0.6) is 0 Å². The SMILES string of the molecule is O=P([O-])([O-])[O-].O=P([O-])([O-])[O-].[Co+2].[Co+2].[Co+2].[Ni].[Ni].[Ni].[Ti].[Ti].[Ti]. The summed E-state index contributed by atoms with van der Waals surface area (Å²) in [6.45, 7) is 0. The van der Waals surface area contributed by atoms with Crippen LogP contribution in [0.1, 0.15) is 0 Å². The summed E-state index contributed by atoms with van der Waals surface area (Å²) in [5.74, 6) is 0. The first-order chi connectivity index (χ1) is 4.00. The van der Waals surface area contributed by atoms with Crippen LogP contribution in [-0.2, 0) is 174 Å². The van der Waals surface area contributed by atoms with Gasteiger partial charge in [0.15, 0.2) is 0 Å². The maximum atomic E-state index is 8.55. The topological polar surface area (TPSA) is 172 Å². The molecule has 19 heavy (non-hydrogen) atoms. The minimum absolute atomic E-state index is 0. The second kappa shape index (κ2) is 38.8. The van der Waals surface area contributed by atoms with Crippen LogP contribution in [0, 0.1) is 0 Å². The van der Waals surface area contributed by atoms with E-state index in [-0.39, 0.29) is 165 Å². The van der Waals surface area contributed by atoms with E-state index in [1.54, 1.807) is 0 Å². The molecular weight excluding hydrogens is 686 g/mol. The van der Waals surface area contributed by atoms with E-state index in [9.17, 15) is 0 Å². The quantitative estimate of drug-likeness (QED) is 0.179. The fourth-order valence-electron chi connectivity index (χ4n) is 0. The average Bonchev–Trinajstić information content (AvgIpc) is 1.12. The standard InChI is InChI=1S/3Co.3Ni.2H3O4P.3Ti/c;;;;;;2*1-5(2,3)4;;;/h;;;;;;2*(H3,1,2,3,4);;;/q3*+2;;;;;;;;/p-6. The van der Waals surface area contributed by atoms with Crippen molar-refractivity contribution in [2.24, 2.45) is 0 Å². The van der Waals surface area contributed by atoms with Gasteiger partial charge in [-0.15, -0.1) is 0 Å². The molecule has 0 unspecified atom stereocenters. The summed E-state index contributed by atoms with van der Waals surface area (Å²) in [4.78, 5) is 51.3. The van der Waals surface area contributed by atoms with Gasteiger partial charge >= 0.3 is 50.3 Å². The molecule has 0 aliphatic carbocycles. The molecule has 0 spiro atoms. The first-order valence-electron chi connectivity index (χ1n) is 1.46.